The molecular formula is C32H18BNO3. The number of anilines is 2. The number of hydrogen-bond donors (Lipinski definition) is 0. The van der Waals surface area contributed by atoms with Crippen LogP contribution in [0, 0.1) is 0 Å². The Morgan fingerprint density at radius 3 is 2.24 bits per heavy atom. The number of rotatable bonds is 1. The number of para-hydroxylation sites is 3. The van der Waals surface area contributed by atoms with Gasteiger partial charge in [-0.25, -0.2) is 0 Å². The first kappa shape index (κ1) is 19.3. The van der Waals surface area contributed by atoms with E-state index in [-0.39, 0.29) is 7.05 Å². The lowest BCUT2D eigenvalue weighted by Crippen LogP contribution is -2.50. The van der Waals surface area contributed by atoms with Crippen molar-refractivity contribution in [1.82, 2.24) is 0 Å². The van der Waals surface area contributed by atoms with E-state index in [9.17, 15) is 0 Å². The molecule has 2 aromatic heterocycles. The van der Waals surface area contributed by atoms with E-state index >= 15 is 0 Å². The molecule has 0 saturated carbocycles. The summed E-state index contributed by atoms with van der Waals surface area (Å²) >= 11 is 0. The smallest absolute Gasteiger partial charge is 0.527 e. The molecule has 9 rings (SSSR count). The van der Waals surface area contributed by atoms with Gasteiger partial charge in [-0.15, -0.1) is 0 Å². The molecule has 0 N–H and O–H groups in total. The molecule has 5 heteroatoms. The lowest BCUT2D eigenvalue weighted by Gasteiger charge is -2.27. The third kappa shape index (κ3) is 2.48. The summed E-state index contributed by atoms with van der Waals surface area (Å²) in [6.07, 6.45) is 0. The van der Waals surface area contributed by atoms with Crippen molar-refractivity contribution >= 4 is 57.0 Å². The van der Waals surface area contributed by atoms with Crippen molar-refractivity contribution < 1.29 is 13.5 Å². The molecule has 0 fully saturated rings. The third-order valence-corrected chi connectivity index (χ3v) is 7.70. The minimum absolute atomic E-state index is 0.281. The third-order valence-electron chi connectivity index (χ3n) is 7.70. The van der Waals surface area contributed by atoms with Gasteiger partial charge < -0.3 is 18.3 Å². The van der Waals surface area contributed by atoms with Crippen LogP contribution >= 0.6 is 0 Å². The van der Waals surface area contributed by atoms with Crippen LogP contribution in [0.4, 0.5) is 11.6 Å². The fourth-order valence-electron chi connectivity index (χ4n) is 6.07. The molecular weight excluding hydrogens is 457 g/mol. The molecule has 0 bridgehead atoms. The molecule has 0 radical (unpaired) electrons. The zero-order valence-corrected chi connectivity index (χ0v) is 19.6. The van der Waals surface area contributed by atoms with Crippen molar-refractivity contribution in [2.75, 3.05) is 4.81 Å². The van der Waals surface area contributed by atoms with Crippen LogP contribution in [0.25, 0.3) is 55.2 Å². The molecule has 2 aliphatic rings. The molecule has 4 nitrogen and oxygen atoms in total. The maximum atomic E-state index is 6.56. The van der Waals surface area contributed by atoms with Gasteiger partial charge in [0.25, 0.3) is 0 Å². The Kier molecular flexibility index (Phi) is 3.58. The van der Waals surface area contributed by atoms with Crippen LogP contribution in [0.2, 0.25) is 0 Å². The number of benzene rings is 5. The Bertz CT molecular complexity index is 2050. The van der Waals surface area contributed by atoms with Crippen LogP contribution in [0.3, 0.4) is 0 Å². The van der Waals surface area contributed by atoms with E-state index in [4.69, 9.17) is 13.5 Å². The Hall–Kier alpha value is -4.90. The predicted octanol–water partition coefficient (Wildman–Crippen LogP) is 7.91. The van der Waals surface area contributed by atoms with E-state index in [0.717, 1.165) is 77.9 Å². The summed E-state index contributed by atoms with van der Waals surface area (Å²) in [6, 6.07) is 37.6. The second-order valence-electron chi connectivity index (χ2n) is 9.67. The fourth-order valence-corrected chi connectivity index (χ4v) is 6.07. The molecule has 7 aromatic rings. The Morgan fingerprint density at radius 1 is 0.595 bits per heavy atom. The monoisotopic (exact) mass is 475 g/mol. The van der Waals surface area contributed by atoms with Gasteiger partial charge in [0, 0.05) is 21.7 Å². The predicted molar refractivity (Wildman–Crippen MR) is 149 cm³/mol. The summed E-state index contributed by atoms with van der Waals surface area (Å²) in [6.45, 7) is 0. The molecule has 172 valence electrons. The zero-order valence-electron chi connectivity index (χ0n) is 19.6. The van der Waals surface area contributed by atoms with E-state index in [1.807, 2.05) is 24.3 Å². The average Bonchev–Trinajstić information content (AvgIpc) is 3.64. The highest BCUT2D eigenvalue weighted by Crippen LogP contribution is 2.51. The molecule has 5 aromatic carbocycles. The van der Waals surface area contributed by atoms with Crippen LogP contribution < -0.4 is 14.9 Å². The van der Waals surface area contributed by atoms with Crippen LogP contribution in [-0.2, 0) is 0 Å². The van der Waals surface area contributed by atoms with Gasteiger partial charge in [-0.2, -0.15) is 0 Å². The van der Waals surface area contributed by atoms with Gasteiger partial charge >= 0.3 is 7.05 Å². The lowest BCUT2D eigenvalue weighted by atomic mass is 9.65. The molecule has 37 heavy (non-hydrogen) atoms. The summed E-state index contributed by atoms with van der Waals surface area (Å²) in [5.74, 6) is 1.66. The summed E-state index contributed by atoms with van der Waals surface area (Å²) in [7, 11) is -0.281. The SMILES string of the molecule is c1ccc2c(c1)B1Oc3ccc(-c4cccc5c4oc4ccccc45)cc3N1c1oc3ccccc3c1-2. The molecule has 0 amide bonds. The van der Waals surface area contributed by atoms with Gasteiger partial charge in [-0.1, -0.05) is 84.9 Å². The van der Waals surface area contributed by atoms with Crippen molar-refractivity contribution in [2.24, 2.45) is 0 Å². The van der Waals surface area contributed by atoms with Crippen molar-refractivity contribution in [3.63, 3.8) is 0 Å². The van der Waals surface area contributed by atoms with Gasteiger partial charge in [0.1, 0.15) is 22.5 Å². The largest absolute Gasteiger partial charge is 0.536 e. The molecule has 2 aliphatic heterocycles. The highest BCUT2D eigenvalue weighted by atomic mass is 16.5. The topological polar surface area (TPSA) is 38.8 Å². The molecule has 0 unspecified atom stereocenters. The molecule has 0 saturated heterocycles. The average molecular weight is 475 g/mol. The summed E-state index contributed by atoms with van der Waals surface area (Å²) < 4.78 is 19.4. The number of hydrogen-bond acceptors (Lipinski definition) is 4. The normalized spacial score (nSPS) is 13.5. The van der Waals surface area contributed by atoms with Crippen LogP contribution in [0.15, 0.2) is 118 Å². The molecule has 0 spiro atoms. The zero-order chi connectivity index (χ0) is 24.1. The van der Waals surface area contributed by atoms with Gasteiger partial charge in [0.2, 0.25) is 0 Å². The van der Waals surface area contributed by atoms with Gasteiger partial charge in [0.05, 0.1) is 11.3 Å². The Labute approximate surface area is 212 Å². The van der Waals surface area contributed by atoms with E-state index in [1.54, 1.807) is 0 Å². The van der Waals surface area contributed by atoms with Crippen LogP contribution in [0.1, 0.15) is 0 Å². The van der Waals surface area contributed by atoms with Crippen molar-refractivity contribution in [3.8, 4) is 28.0 Å². The first-order chi connectivity index (χ1) is 18.3. The first-order valence-electron chi connectivity index (χ1n) is 12.5. The maximum Gasteiger partial charge on any atom is 0.527 e. The van der Waals surface area contributed by atoms with E-state index < -0.39 is 0 Å². The second kappa shape index (κ2) is 6.86. The number of furan rings is 2. The Morgan fingerprint density at radius 2 is 1.32 bits per heavy atom. The quantitative estimate of drug-likeness (QED) is 0.226. The Balaban J connectivity index is 1.28. The summed E-state index contributed by atoms with van der Waals surface area (Å²) in [5, 5.41) is 3.36. The highest BCUT2D eigenvalue weighted by Gasteiger charge is 2.47. The highest BCUT2D eigenvalue weighted by molar-refractivity contribution is 6.77. The maximum absolute atomic E-state index is 6.56. The van der Waals surface area contributed by atoms with Crippen LogP contribution in [-0.4, -0.2) is 7.05 Å². The fraction of sp³-hybridized carbons (Fsp3) is 0. The summed E-state index contributed by atoms with van der Waals surface area (Å²) in [5.41, 5.74) is 9.20. The van der Waals surface area contributed by atoms with Crippen molar-refractivity contribution in [3.05, 3.63) is 109 Å². The first-order valence-corrected chi connectivity index (χ1v) is 12.5. The van der Waals surface area contributed by atoms with E-state index in [1.165, 1.54) is 0 Å². The van der Waals surface area contributed by atoms with Gasteiger partial charge in [0.15, 0.2) is 5.88 Å². The summed E-state index contributed by atoms with van der Waals surface area (Å²) in [4.78, 5) is 2.20. The van der Waals surface area contributed by atoms with E-state index in [2.05, 4.69) is 89.7 Å². The van der Waals surface area contributed by atoms with Crippen molar-refractivity contribution in [1.29, 1.82) is 0 Å². The van der Waals surface area contributed by atoms with Crippen LogP contribution in [0.5, 0.6) is 5.75 Å². The minimum Gasteiger partial charge on any atom is -0.536 e. The lowest BCUT2D eigenvalue weighted by molar-refractivity contribution is 0.593. The second-order valence-corrected chi connectivity index (χ2v) is 9.67. The minimum atomic E-state index is -0.281. The van der Waals surface area contributed by atoms with Gasteiger partial charge in [-0.3, -0.25) is 0 Å². The molecule has 0 aliphatic carbocycles. The molecule has 4 heterocycles. The van der Waals surface area contributed by atoms with Crippen molar-refractivity contribution in [2.45, 2.75) is 0 Å². The standard InChI is InChI=1S/C32H18BNO3/c1-4-13-25-23(9-1)30-24-10-3-6-15-28(24)36-32(30)34-26-18-19(16-17-29(26)37-33(25)34)20-11-7-12-22-21-8-2-5-14-27(21)35-31(20)22/h1-18H. The number of nitrogens with zero attached hydrogens (tertiary/aromatic N) is 1. The van der Waals surface area contributed by atoms with E-state index in [0.29, 0.717) is 0 Å². The number of fused-ring (bicyclic) bond motifs is 13. The van der Waals surface area contributed by atoms with Gasteiger partial charge in [-0.05, 0) is 40.9 Å². The molecule has 0 atom stereocenters.